The molecule has 0 bridgehead atoms. The molecular weight excluding hydrogens is 297 g/mol. The molecule has 2 rings (SSSR count). The Hall–Kier alpha value is -1.89. The standard InChI is InChI=1S/C12H8ClF3N2O2/c1-2-20-11(19)7-5-6-8(13)3-4-17-10(6)18-9(7)12(14,15)16/h3-5H,2H2,1H3. The highest BCUT2D eigenvalue weighted by atomic mass is 35.5. The molecule has 0 spiro atoms. The highest BCUT2D eigenvalue weighted by Gasteiger charge is 2.38. The second-order valence-corrected chi connectivity index (χ2v) is 4.17. The lowest BCUT2D eigenvalue weighted by Crippen LogP contribution is -2.17. The van der Waals surface area contributed by atoms with E-state index in [0.29, 0.717) is 0 Å². The predicted octanol–water partition coefficient (Wildman–Crippen LogP) is 3.48. The number of halogens is 4. The van der Waals surface area contributed by atoms with Crippen LogP contribution in [-0.4, -0.2) is 22.5 Å². The van der Waals surface area contributed by atoms with E-state index in [1.807, 2.05) is 0 Å². The lowest BCUT2D eigenvalue weighted by molar-refractivity contribution is -0.141. The van der Waals surface area contributed by atoms with Gasteiger partial charge in [0.1, 0.15) is 0 Å². The minimum Gasteiger partial charge on any atom is -0.462 e. The number of carbonyl (C=O) groups is 1. The Labute approximate surface area is 116 Å². The largest absolute Gasteiger partial charge is 0.462 e. The van der Waals surface area contributed by atoms with Crippen LogP contribution in [0, 0.1) is 0 Å². The van der Waals surface area contributed by atoms with Gasteiger partial charge in [0.05, 0.1) is 17.2 Å². The predicted molar refractivity (Wildman–Crippen MR) is 65.5 cm³/mol. The molecule has 0 aliphatic rings. The molecule has 0 aliphatic heterocycles. The van der Waals surface area contributed by atoms with Gasteiger partial charge in [-0.3, -0.25) is 0 Å². The maximum Gasteiger partial charge on any atom is 0.434 e. The van der Waals surface area contributed by atoms with Crippen LogP contribution in [0.4, 0.5) is 13.2 Å². The van der Waals surface area contributed by atoms with Crippen molar-refractivity contribution in [2.45, 2.75) is 13.1 Å². The quantitative estimate of drug-likeness (QED) is 0.797. The second kappa shape index (κ2) is 5.24. The van der Waals surface area contributed by atoms with Gasteiger partial charge in [-0.15, -0.1) is 0 Å². The molecule has 106 valence electrons. The third-order valence-corrected chi connectivity index (χ3v) is 2.77. The summed E-state index contributed by atoms with van der Waals surface area (Å²) in [5, 5.41) is 0.312. The van der Waals surface area contributed by atoms with Crippen molar-refractivity contribution in [3.05, 3.63) is 34.6 Å². The summed E-state index contributed by atoms with van der Waals surface area (Å²) in [6.45, 7) is 1.45. The number of ether oxygens (including phenoxy) is 1. The van der Waals surface area contributed by atoms with Gasteiger partial charge in [0.15, 0.2) is 11.3 Å². The maximum atomic E-state index is 12.9. The summed E-state index contributed by atoms with van der Waals surface area (Å²) in [6, 6.07) is 2.40. The third kappa shape index (κ3) is 2.67. The van der Waals surface area contributed by atoms with Crippen molar-refractivity contribution in [2.75, 3.05) is 6.61 Å². The zero-order valence-electron chi connectivity index (χ0n) is 10.2. The summed E-state index contributed by atoms with van der Waals surface area (Å²) in [4.78, 5) is 18.7. The van der Waals surface area contributed by atoms with Crippen LogP contribution in [0.2, 0.25) is 5.02 Å². The first kappa shape index (κ1) is 14.5. The van der Waals surface area contributed by atoms with Gasteiger partial charge in [-0.05, 0) is 19.1 Å². The summed E-state index contributed by atoms with van der Waals surface area (Å²) in [5.41, 5.74) is -2.20. The minimum absolute atomic E-state index is 0.0467. The Balaban J connectivity index is 2.74. The number of hydrogen-bond donors (Lipinski definition) is 0. The third-order valence-electron chi connectivity index (χ3n) is 2.44. The fourth-order valence-electron chi connectivity index (χ4n) is 1.62. The van der Waals surface area contributed by atoms with Crippen molar-refractivity contribution in [3.8, 4) is 0 Å². The van der Waals surface area contributed by atoms with Crippen LogP contribution in [0.3, 0.4) is 0 Å². The highest BCUT2D eigenvalue weighted by molar-refractivity contribution is 6.35. The van der Waals surface area contributed by atoms with Crippen LogP contribution in [0.1, 0.15) is 23.0 Å². The van der Waals surface area contributed by atoms with Crippen LogP contribution >= 0.6 is 11.6 Å². The summed E-state index contributed by atoms with van der Waals surface area (Å²) in [5.74, 6) is -1.10. The Morgan fingerprint density at radius 1 is 1.45 bits per heavy atom. The van der Waals surface area contributed by atoms with E-state index in [2.05, 4.69) is 14.7 Å². The Bertz CT molecular complexity index is 674. The van der Waals surface area contributed by atoms with Gasteiger partial charge in [0, 0.05) is 11.6 Å². The first-order valence-corrected chi connectivity index (χ1v) is 5.92. The van der Waals surface area contributed by atoms with Crippen molar-refractivity contribution in [1.29, 1.82) is 0 Å². The molecule has 0 aliphatic carbocycles. The summed E-state index contributed by atoms with van der Waals surface area (Å²) in [7, 11) is 0. The van der Waals surface area contributed by atoms with Gasteiger partial charge in [-0.2, -0.15) is 13.2 Å². The number of esters is 1. The van der Waals surface area contributed by atoms with Crippen LogP contribution in [0.5, 0.6) is 0 Å². The van der Waals surface area contributed by atoms with Crippen molar-refractivity contribution < 1.29 is 22.7 Å². The summed E-state index contributed by atoms with van der Waals surface area (Å²) < 4.78 is 43.4. The zero-order chi connectivity index (χ0) is 14.9. The molecule has 20 heavy (non-hydrogen) atoms. The van der Waals surface area contributed by atoms with Gasteiger partial charge in [-0.1, -0.05) is 11.6 Å². The van der Waals surface area contributed by atoms with Crippen molar-refractivity contribution in [3.63, 3.8) is 0 Å². The Morgan fingerprint density at radius 3 is 2.75 bits per heavy atom. The normalized spacial score (nSPS) is 11.7. The molecule has 4 nitrogen and oxygen atoms in total. The molecule has 8 heteroatoms. The molecule has 0 radical (unpaired) electrons. The molecule has 0 saturated carbocycles. The van der Waals surface area contributed by atoms with E-state index < -0.39 is 23.4 Å². The lowest BCUT2D eigenvalue weighted by Gasteiger charge is -2.12. The molecule has 0 unspecified atom stereocenters. The smallest absolute Gasteiger partial charge is 0.434 e. The number of rotatable bonds is 2. The molecule has 0 aromatic carbocycles. The van der Waals surface area contributed by atoms with Crippen LogP contribution in [0.25, 0.3) is 11.0 Å². The molecule has 2 heterocycles. The van der Waals surface area contributed by atoms with Gasteiger partial charge < -0.3 is 4.74 Å². The van der Waals surface area contributed by atoms with Gasteiger partial charge in [-0.25, -0.2) is 14.8 Å². The average Bonchev–Trinajstić information content (AvgIpc) is 2.37. The highest BCUT2D eigenvalue weighted by Crippen LogP contribution is 2.33. The van der Waals surface area contributed by atoms with E-state index in [4.69, 9.17) is 11.6 Å². The average molecular weight is 305 g/mol. The number of carbonyl (C=O) groups excluding carboxylic acids is 1. The van der Waals surface area contributed by atoms with E-state index in [1.54, 1.807) is 0 Å². The maximum absolute atomic E-state index is 12.9. The minimum atomic E-state index is -4.79. The van der Waals surface area contributed by atoms with Crippen LogP contribution < -0.4 is 0 Å². The first-order chi connectivity index (χ1) is 9.34. The number of alkyl halides is 3. The molecule has 0 fully saturated rings. The van der Waals surface area contributed by atoms with E-state index in [9.17, 15) is 18.0 Å². The van der Waals surface area contributed by atoms with E-state index >= 15 is 0 Å². The number of nitrogens with zero attached hydrogens (tertiary/aromatic N) is 2. The van der Waals surface area contributed by atoms with Gasteiger partial charge in [0.2, 0.25) is 0 Å². The fourth-order valence-corrected chi connectivity index (χ4v) is 1.82. The molecule has 0 saturated heterocycles. The Morgan fingerprint density at radius 2 is 2.15 bits per heavy atom. The van der Waals surface area contributed by atoms with Crippen LogP contribution in [0.15, 0.2) is 18.3 Å². The summed E-state index contributed by atoms with van der Waals surface area (Å²) >= 11 is 5.86. The second-order valence-electron chi connectivity index (χ2n) is 3.77. The topological polar surface area (TPSA) is 52.1 Å². The first-order valence-electron chi connectivity index (χ1n) is 5.54. The Kier molecular flexibility index (Phi) is 3.80. The number of aromatic nitrogens is 2. The van der Waals surface area contributed by atoms with Gasteiger partial charge in [0.25, 0.3) is 0 Å². The number of pyridine rings is 2. The zero-order valence-corrected chi connectivity index (χ0v) is 10.9. The number of fused-ring (bicyclic) bond motifs is 1. The summed E-state index contributed by atoms with van der Waals surface area (Å²) in [6.07, 6.45) is -3.55. The fraction of sp³-hybridized carbons (Fsp3) is 0.250. The SMILES string of the molecule is CCOC(=O)c1cc2c(Cl)ccnc2nc1C(F)(F)F. The van der Waals surface area contributed by atoms with E-state index in [1.165, 1.54) is 19.2 Å². The van der Waals surface area contributed by atoms with Crippen molar-refractivity contribution >= 4 is 28.6 Å². The lowest BCUT2D eigenvalue weighted by atomic mass is 10.1. The van der Waals surface area contributed by atoms with E-state index in [-0.39, 0.29) is 22.7 Å². The van der Waals surface area contributed by atoms with Crippen molar-refractivity contribution in [2.24, 2.45) is 0 Å². The molecule has 0 amide bonds. The molecule has 2 aromatic heterocycles. The molecule has 0 atom stereocenters. The molecule has 2 aromatic rings. The molecular formula is C12H8ClF3N2O2. The van der Waals surface area contributed by atoms with Gasteiger partial charge >= 0.3 is 12.1 Å². The van der Waals surface area contributed by atoms with E-state index in [0.717, 1.165) is 6.07 Å². The van der Waals surface area contributed by atoms with Crippen LogP contribution in [-0.2, 0) is 10.9 Å². The monoisotopic (exact) mass is 304 g/mol. The number of hydrogen-bond acceptors (Lipinski definition) is 4. The van der Waals surface area contributed by atoms with Crippen molar-refractivity contribution in [1.82, 2.24) is 9.97 Å². The molecule has 0 N–H and O–H groups in total.